The molecule has 0 spiro atoms. The number of rotatable bonds is 3. The van der Waals surface area contributed by atoms with E-state index in [-0.39, 0.29) is 23.1 Å². The normalized spacial score (nSPS) is 27.0. The molecule has 3 heterocycles. The summed E-state index contributed by atoms with van der Waals surface area (Å²) >= 11 is 0. The van der Waals surface area contributed by atoms with Crippen molar-refractivity contribution in [3.8, 4) is 0 Å². The standard InChI is InChI=1S/C16H22N4O3/c1-12(21)20-9-13-8-19(6-3-16(13,10-20)11-23-2)15(22)14-7-17-4-5-18-14/h4-5,7,13H,3,6,8-11H2,1-2H3/t13-,16+/m1/s1. The van der Waals surface area contributed by atoms with E-state index in [0.29, 0.717) is 38.5 Å². The van der Waals surface area contributed by atoms with Crippen LogP contribution in [0.1, 0.15) is 23.8 Å². The van der Waals surface area contributed by atoms with E-state index in [9.17, 15) is 9.59 Å². The number of hydrogen-bond acceptors (Lipinski definition) is 5. The fourth-order valence-corrected chi connectivity index (χ4v) is 3.80. The number of carbonyl (C=O) groups excluding carboxylic acids is 2. The molecular formula is C16H22N4O3. The third-order valence-electron chi connectivity index (χ3n) is 5.08. The molecule has 0 unspecified atom stereocenters. The maximum atomic E-state index is 12.6. The number of methoxy groups -OCH3 is 1. The number of likely N-dealkylation sites (tertiary alicyclic amines) is 2. The molecule has 2 aliphatic heterocycles. The van der Waals surface area contributed by atoms with Gasteiger partial charge in [-0.3, -0.25) is 14.6 Å². The van der Waals surface area contributed by atoms with E-state index in [1.165, 1.54) is 12.4 Å². The predicted molar refractivity (Wildman–Crippen MR) is 82.6 cm³/mol. The smallest absolute Gasteiger partial charge is 0.274 e. The topological polar surface area (TPSA) is 75.6 Å². The Morgan fingerprint density at radius 2 is 2.13 bits per heavy atom. The van der Waals surface area contributed by atoms with Gasteiger partial charge >= 0.3 is 0 Å². The van der Waals surface area contributed by atoms with Gasteiger partial charge in [0, 0.05) is 63.9 Å². The lowest BCUT2D eigenvalue weighted by atomic mass is 9.73. The Bertz CT molecular complexity index is 594. The highest BCUT2D eigenvalue weighted by Gasteiger charge is 2.50. The lowest BCUT2D eigenvalue weighted by molar-refractivity contribution is -0.128. The summed E-state index contributed by atoms with van der Waals surface area (Å²) in [7, 11) is 1.69. The summed E-state index contributed by atoms with van der Waals surface area (Å²) in [4.78, 5) is 36.1. The fourth-order valence-electron chi connectivity index (χ4n) is 3.80. The van der Waals surface area contributed by atoms with Crippen molar-refractivity contribution >= 4 is 11.8 Å². The maximum Gasteiger partial charge on any atom is 0.274 e. The van der Waals surface area contributed by atoms with Crippen LogP contribution in [-0.2, 0) is 9.53 Å². The van der Waals surface area contributed by atoms with Gasteiger partial charge in [-0.1, -0.05) is 0 Å². The predicted octanol–water partition coefficient (Wildman–Crippen LogP) is 0.434. The van der Waals surface area contributed by atoms with Crippen LogP contribution in [0.15, 0.2) is 18.6 Å². The van der Waals surface area contributed by atoms with Crippen molar-refractivity contribution in [1.29, 1.82) is 0 Å². The van der Waals surface area contributed by atoms with Crippen LogP contribution in [0.4, 0.5) is 0 Å². The minimum atomic E-state index is -0.0922. The molecule has 3 rings (SSSR count). The fraction of sp³-hybridized carbons (Fsp3) is 0.625. The van der Waals surface area contributed by atoms with E-state index in [2.05, 4.69) is 9.97 Å². The summed E-state index contributed by atoms with van der Waals surface area (Å²) in [5.74, 6) is 0.229. The zero-order chi connectivity index (χ0) is 16.4. The Morgan fingerprint density at radius 1 is 1.35 bits per heavy atom. The highest BCUT2D eigenvalue weighted by Crippen LogP contribution is 2.43. The zero-order valence-electron chi connectivity index (χ0n) is 13.6. The first-order chi connectivity index (χ1) is 11.1. The largest absolute Gasteiger partial charge is 0.384 e. The minimum Gasteiger partial charge on any atom is -0.384 e. The van der Waals surface area contributed by atoms with Gasteiger partial charge < -0.3 is 14.5 Å². The highest BCUT2D eigenvalue weighted by atomic mass is 16.5. The Hall–Kier alpha value is -2.02. The number of piperidine rings is 1. The van der Waals surface area contributed by atoms with Crippen molar-refractivity contribution in [1.82, 2.24) is 19.8 Å². The maximum absolute atomic E-state index is 12.6. The molecule has 1 aromatic heterocycles. The number of ether oxygens (including phenoxy) is 1. The number of amides is 2. The van der Waals surface area contributed by atoms with E-state index < -0.39 is 0 Å². The van der Waals surface area contributed by atoms with E-state index in [4.69, 9.17) is 4.74 Å². The molecule has 2 aliphatic rings. The van der Waals surface area contributed by atoms with Crippen LogP contribution in [0.3, 0.4) is 0 Å². The molecule has 0 radical (unpaired) electrons. The number of hydrogen-bond donors (Lipinski definition) is 0. The Balaban J connectivity index is 1.76. The Morgan fingerprint density at radius 3 is 2.78 bits per heavy atom. The van der Waals surface area contributed by atoms with Crippen molar-refractivity contribution in [2.45, 2.75) is 13.3 Å². The molecule has 2 saturated heterocycles. The molecule has 23 heavy (non-hydrogen) atoms. The monoisotopic (exact) mass is 318 g/mol. The van der Waals surface area contributed by atoms with Gasteiger partial charge in [0.15, 0.2) is 0 Å². The van der Waals surface area contributed by atoms with Crippen molar-refractivity contribution < 1.29 is 14.3 Å². The molecule has 2 atom stereocenters. The van der Waals surface area contributed by atoms with Gasteiger partial charge in [0.25, 0.3) is 5.91 Å². The van der Waals surface area contributed by atoms with Crippen LogP contribution >= 0.6 is 0 Å². The summed E-state index contributed by atoms with van der Waals surface area (Å²) < 4.78 is 5.43. The van der Waals surface area contributed by atoms with Crippen molar-refractivity contribution in [2.75, 3.05) is 39.9 Å². The molecule has 0 bridgehead atoms. The van der Waals surface area contributed by atoms with Crippen LogP contribution in [0, 0.1) is 11.3 Å². The van der Waals surface area contributed by atoms with Crippen molar-refractivity contribution in [3.63, 3.8) is 0 Å². The minimum absolute atomic E-state index is 0.0421. The molecule has 7 heteroatoms. The molecule has 7 nitrogen and oxygen atoms in total. The summed E-state index contributed by atoms with van der Waals surface area (Å²) in [6, 6.07) is 0. The molecule has 0 aliphatic carbocycles. The quantitative estimate of drug-likeness (QED) is 0.808. The third-order valence-corrected chi connectivity index (χ3v) is 5.08. The second kappa shape index (κ2) is 6.23. The van der Waals surface area contributed by atoms with Gasteiger partial charge in [-0.25, -0.2) is 4.98 Å². The Kier molecular flexibility index (Phi) is 4.30. The molecular weight excluding hydrogens is 296 g/mol. The van der Waals surface area contributed by atoms with Crippen molar-refractivity contribution in [3.05, 3.63) is 24.3 Å². The highest BCUT2D eigenvalue weighted by molar-refractivity contribution is 5.92. The summed E-state index contributed by atoms with van der Waals surface area (Å²) in [5.41, 5.74) is 0.327. The molecule has 0 aromatic carbocycles. The summed E-state index contributed by atoms with van der Waals surface area (Å²) in [6.07, 6.45) is 5.41. The van der Waals surface area contributed by atoms with E-state index in [1.54, 1.807) is 20.2 Å². The lowest BCUT2D eigenvalue weighted by Gasteiger charge is -2.42. The molecule has 0 saturated carbocycles. The first-order valence-corrected chi connectivity index (χ1v) is 7.85. The van der Waals surface area contributed by atoms with Gasteiger partial charge in [-0.05, 0) is 6.42 Å². The second-order valence-corrected chi connectivity index (χ2v) is 6.48. The van der Waals surface area contributed by atoms with Crippen LogP contribution < -0.4 is 0 Å². The van der Waals surface area contributed by atoms with Gasteiger partial charge in [-0.2, -0.15) is 0 Å². The first-order valence-electron chi connectivity index (χ1n) is 7.85. The Labute approximate surface area is 135 Å². The van der Waals surface area contributed by atoms with Gasteiger partial charge in [0.05, 0.1) is 12.8 Å². The molecule has 2 amide bonds. The number of nitrogens with zero attached hydrogens (tertiary/aromatic N) is 4. The lowest BCUT2D eigenvalue weighted by Crippen LogP contribution is -2.51. The molecule has 124 valence electrons. The van der Waals surface area contributed by atoms with Crippen molar-refractivity contribution in [2.24, 2.45) is 11.3 Å². The zero-order valence-corrected chi connectivity index (χ0v) is 13.6. The second-order valence-electron chi connectivity index (χ2n) is 6.48. The van der Waals surface area contributed by atoms with E-state index in [1.807, 2.05) is 9.80 Å². The average molecular weight is 318 g/mol. The number of aromatic nitrogens is 2. The average Bonchev–Trinajstić information content (AvgIpc) is 2.94. The molecule has 1 aromatic rings. The third kappa shape index (κ3) is 2.93. The SMILES string of the molecule is COC[C@@]12CCN(C(=O)c3cnccn3)C[C@@H]1CN(C(C)=O)C2. The van der Waals surface area contributed by atoms with Gasteiger partial charge in [-0.15, -0.1) is 0 Å². The van der Waals surface area contributed by atoms with Crippen LogP contribution in [-0.4, -0.2) is 71.5 Å². The van der Waals surface area contributed by atoms with Gasteiger partial charge in [0.2, 0.25) is 5.91 Å². The van der Waals surface area contributed by atoms with Gasteiger partial charge in [0.1, 0.15) is 5.69 Å². The summed E-state index contributed by atoms with van der Waals surface area (Å²) in [6.45, 7) is 4.90. The molecule has 2 fully saturated rings. The van der Waals surface area contributed by atoms with E-state index >= 15 is 0 Å². The van der Waals surface area contributed by atoms with Crippen LogP contribution in [0.5, 0.6) is 0 Å². The number of fused-ring (bicyclic) bond motifs is 1. The number of carbonyl (C=O) groups is 2. The summed E-state index contributed by atoms with van der Waals surface area (Å²) in [5, 5.41) is 0. The first kappa shape index (κ1) is 15.9. The van der Waals surface area contributed by atoms with E-state index in [0.717, 1.165) is 6.42 Å². The molecule has 0 N–H and O–H groups in total. The van der Waals surface area contributed by atoms with Crippen LogP contribution in [0.2, 0.25) is 0 Å². The van der Waals surface area contributed by atoms with Crippen LogP contribution in [0.25, 0.3) is 0 Å².